The van der Waals surface area contributed by atoms with Gasteiger partial charge in [-0.05, 0) is 30.5 Å². The van der Waals surface area contributed by atoms with Crippen molar-refractivity contribution in [3.63, 3.8) is 0 Å². The second-order valence-electron chi connectivity index (χ2n) is 5.31. The maximum atomic E-state index is 12.0. The molecular weight excluding hydrogens is 300 g/mol. The molecule has 1 aromatic carbocycles. The van der Waals surface area contributed by atoms with Crippen molar-refractivity contribution >= 4 is 28.9 Å². The minimum Gasteiger partial charge on any atom is -0.544 e. The molecular formula is C16H17N2O3S-. The smallest absolute Gasteiger partial charge is 0.231 e. The van der Waals surface area contributed by atoms with Gasteiger partial charge >= 0.3 is 0 Å². The maximum absolute atomic E-state index is 12.0. The number of thiazole rings is 1. The number of hydrogen-bond donors (Lipinski definition) is 1. The summed E-state index contributed by atoms with van der Waals surface area (Å²) < 4.78 is 0. The van der Waals surface area contributed by atoms with Crippen molar-refractivity contribution in [3.05, 3.63) is 45.4 Å². The van der Waals surface area contributed by atoms with Gasteiger partial charge in [0.2, 0.25) is 5.91 Å². The summed E-state index contributed by atoms with van der Waals surface area (Å²) in [6.07, 6.45) is 0.0463. The molecule has 1 amide bonds. The number of carboxylic acid groups (broad SMARTS) is 1. The molecule has 0 radical (unpaired) electrons. The van der Waals surface area contributed by atoms with E-state index in [0.717, 1.165) is 11.3 Å². The lowest BCUT2D eigenvalue weighted by atomic mass is 10.0. The van der Waals surface area contributed by atoms with E-state index >= 15 is 0 Å². The van der Waals surface area contributed by atoms with Gasteiger partial charge < -0.3 is 15.2 Å². The molecule has 0 fully saturated rings. The van der Waals surface area contributed by atoms with Gasteiger partial charge in [-0.2, -0.15) is 0 Å². The summed E-state index contributed by atoms with van der Waals surface area (Å²) in [5, 5.41) is 14.1. The summed E-state index contributed by atoms with van der Waals surface area (Å²) in [7, 11) is 0. The lowest BCUT2D eigenvalue weighted by Crippen LogP contribution is -2.21. The van der Waals surface area contributed by atoms with Crippen LogP contribution in [-0.2, 0) is 11.2 Å². The van der Waals surface area contributed by atoms with Crippen molar-refractivity contribution in [1.82, 2.24) is 4.98 Å². The average molecular weight is 317 g/mol. The summed E-state index contributed by atoms with van der Waals surface area (Å²) in [6.45, 7) is 5.80. The van der Waals surface area contributed by atoms with Gasteiger partial charge in [-0.3, -0.25) is 4.79 Å². The number of aromatic nitrogens is 1. The number of carbonyl (C=O) groups excluding carboxylic acids is 2. The van der Waals surface area contributed by atoms with E-state index in [1.54, 1.807) is 6.92 Å². The van der Waals surface area contributed by atoms with Crippen molar-refractivity contribution < 1.29 is 14.7 Å². The first-order valence-electron chi connectivity index (χ1n) is 6.94. The Morgan fingerprint density at radius 1 is 1.27 bits per heavy atom. The predicted molar refractivity (Wildman–Crippen MR) is 84.0 cm³/mol. The minimum atomic E-state index is -1.26. The molecule has 0 aliphatic carbocycles. The molecule has 1 N–H and O–H groups in total. The highest BCUT2D eigenvalue weighted by atomic mass is 32.1. The fourth-order valence-electron chi connectivity index (χ4n) is 2.01. The van der Waals surface area contributed by atoms with Gasteiger partial charge in [0.1, 0.15) is 5.01 Å². The standard InChI is InChI=1S/C16H18N2O3S/c1-9(2)11-4-6-12(7-5-11)18-13(19)8-14-17-10(3)15(22-14)16(20)21/h4-7,9H,8H2,1-3H3,(H,18,19)(H,20,21)/p-1. The molecule has 6 heteroatoms. The van der Waals surface area contributed by atoms with E-state index in [2.05, 4.69) is 24.1 Å². The van der Waals surface area contributed by atoms with Crippen molar-refractivity contribution in [2.24, 2.45) is 0 Å². The third-order valence-electron chi connectivity index (χ3n) is 3.20. The SMILES string of the molecule is Cc1nc(CC(=O)Nc2ccc(C(C)C)cc2)sc1C(=O)[O-]. The Morgan fingerprint density at radius 3 is 2.41 bits per heavy atom. The molecule has 0 unspecified atom stereocenters. The number of nitrogens with one attached hydrogen (secondary N) is 1. The lowest BCUT2D eigenvalue weighted by Gasteiger charge is -2.07. The highest BCUT2D eigenvalue weighted by molar-refractivity contribution is 7.13. The summed E-state index contributed by atoms with van der Waals surface area (Å²) in [5.41, 5.74) is 2.30. The van der Waals surface area contributed by atoms with Crippen LogP contribution in [0, 0.1) is 6.92 Å². The Morgan fingerprint density at radius 2 is 1.91 bits per heavy atom. The molecule has 0 spiro atoms. The molecule has 1 heterocycles. The topological polar surface area (TPSA) is 82.1 Å². The van der Waals surface area contributed by atoms with Crippen LogP contribution in [0.25, 0.3) is 0 Å². The molecule has 2 aromatic rings. The van der Waals surface area contributed by atoms with Gasteiger partial charge in [0, 0.05) is 5.69 Å². The predicted octanol–water partition coefficient (Wildman–Crippen LogP) is 2.12. The molecule has 2 rings (SSSR count). The van der Waals surface area contributed by atoms with Crippen LogP contribution >= 0.6 is 11.3 Å². The Hall–Kier alpha value is -2.21. The van der Waals surface area contributed by atoms with Gasteiger partial charge in [-0.25, -0.2) is 4.98 Å². The molecule has 0 atom stereocenters. The molecule has 0 aliphatic heterocycles. The van der Waals surface area contributed by atoms with Crippen molar-refractivity contribution in [3.8, 4) is 0 Å². The Bertz CT molecular complexity index is 690. The Kier molecular flexibility index (Phi) is 4.92. The van der Waals surface area contributed by atoms with Gasteiger partial charge in [-0.1, -0.05) is 26.0 Å². The van der Waals surface area contributed by atoms with Gasteiger partial charge in [-0.15, -0.1) is 11.3 Å². The molecule has 116 valence electrons. The van der Waals surface area contributed by atoms with Gasteiger partial charge in [0.15, 0.2) is 0 Å². The minimum absolute atomic E-state index is 0.0463. The number of nitrogens with zero attached hydrogens (tertiary/aromatic N) is 1. The van der Waals surface area contributed by atoms with Crippen LogP contribution in [-0.4, -0.2) is 16.9 Å². The van der Waals surface area contributed by atoms with Crippen molar-refractivity contribution in [2.75, 3.05) is 5.32 Å². The summed E-state index contributed by atoms with van der Waals surface area (Å²) in [6, 6.07) is 7.66. The number of carbonyl (C=O) groups is 2. The van der Waals surface area contributed by atoms with Crippen LogP contribution in [0.2, 0.25) is 0 Å². The summed E-state index contributed by atoms with van der Waals surface area (Å²) >= 11 is 0.979. The molecule has 0 aliphatic rings. The molecule has 22 heavy (non-hydrogen) atoms. The first-order valence-corrected chi connectivity index (χ1v) is 7.76. The molecule has 0 saturated carbocycles. The monoisotopic (exact) mass is 317 g/mol. The first-order chi connectivity index (χ1) is 10.4. The van der Waals surface area contributed by atoms with Gasteiger partial charge in [0.05, 0.1) is 23.0 Å². The molecule has 1 aromatic heterocycles. The highest BCUT2D eigenvalue weighted by Gasteiger charge is 2.12. The Labute approximate surface area is 133 Å². The number of benzene rings is 1. The number of rotatable bonds is 5. The second-order valence-corrected chi connectivity index (χ2v) is 6.39. The molecule has 0 bridgehead atoms. The lowest BCUT2D eigenvalue weighted by molar-refractivity contribution is -0.254. The molecule has 0 saturated heterocycles. The number of hydrogen-bond acceptors (Lipinski definition) is 5. The zero-order chi connectivity index (χ0) is 16.3. The van der Waals surface area contributed by atoms with E-state index in [0.29, 0.717) is 22.3 Å². The van der Waals surface area contributed by atoms with Crippen LogP contribution in [0.1, 0.15) is 45.7 Å². The highest BCUT2D eigenvalue weighted by Crippen LogP contribution is 2.19. The van der Waals surface area contributed by atoms with E-state index in [4.69, 9.17) is 0 Å². The number of anilines is 1. The zero-order valence-corrected chi connectivity index (χ0v) is 13.5. The number of aromatic carboxylic acids is 1. The van der Waals surface area contributed by atoms with Crippen LogP contribution < -0.4 is 10.4 Å². The van der Waals surface area contributed by atoms with Crippen LogP contribution in [0.4, 0.5) is 5.69 Å². The normalized spacial score (nSPS) is 10.7. The number of carboxylic acids is 1. The maximum Gasteiger partial charge on any atom is 0.231 e. The summed E-state index contributed by atoms with van der Waals surface area (Å²) in [5.74, 6) is -1.05. The van der Waals surface area contributed by atoms with E-state index < -0.39 is 5.97 Å². The van der Waals surface area contributed by atoms with Crippen molar-refractivity contribution in [2.45, 2.75) is 33.1 Å². The first kappa shape index (κ1) is 16.2. The van der Waals surface area contributed by atoms with E-state index in [1.165, 1.54) is 5.56 Å². The van der Waals surface area contributed by atoms with E-state index in [9.17, 15) is 14.7 Å². The number of amides is 1. The second kappa shape index (κ2) is 6.70. The fourth-order valence-corrected chi connectivity index (χ4v) is 2.91. The van der Waals surface area contributed by atoms with Crippen LogP contribution in [0.5, 0.6) is 0 Å². The van der Waals surface area contributed by atoms with E-state index in [1.807, 2.05) is 24.3 Å². The van der Waals surface area contributed by atoms with Crippen LogP contribution in [0.3, 0.4) is 0 Å². The number of aryl methyl sites for hydroxylation is 1. The Balaban J connectivity index is 2.01. The van der Waals surface area contributed by atoms with Crippen LogP contribution in [0.15, 0.2) is 24.3 Å². The van der Waals surface area contributed by atoms with E-state index in [-0.39, 0.29) is 17.2 Å². The quantitative estimate of drug-likeness (QED) is 0.915. The molecule has 5 nitrogen and oxygen atoms in total. The third kappa shape index (κ3) is 3.92. The third-order valence-corrected chi connectivity index (χ3v) is 4.34. The summed E-state index contributed by atoms with van der Waals surface area (Å²) in [4.78, 5) is 27.0. The zero-order valence-electron chi connectivity index (χ0n) is 12.7. The largest absolute Gasteiger partial charge is 0.544 e. The average Bonchev–Trinajstić information content (AvgIpc) is 2.80. The van der Waals surface area contributed by atoms with Crippen molar-refractivity contribution in [1.29, 1.82) is 0 Å². The van der Waals surface area contributed by atoms with Gasteiger partial charge in [0.25, 0.3) is 0 Å². The fraction of sp³-hybridized carbons (Fsp3) is 0.312.